The van der Waals surface area contributed by atoms with E-state index in [-0.39, 0.29) is 22.5 Å². The quantitative estimate of drug-likeness (QED) is 0.758. The molecule has 0 unspecified atom stereocenters. The van der Waals surface area contributed by atoms with Crippen LogP contribution in [0.4, 0.5) is 0 Å². The van der Waals surface area contributed by atoms with E-state index < -0.39 is 5.56 Å². The Hall–Kier alpha value is -1.50. The maximum Gasteiger partial charge on any atom is 0.287 e. The molecular formula is C15H15Cl2N3O2S. The highest BCUT2D eigenvalue weighted by atomic mass is 35.5. The van der Waals surface area contributed by atoms with Gasteiger partial charge in [0.05, 0.1) is 11.2 Å². The second-order valence-corrected chi connectivity index (χ2v) is 6.53. The fraction of sp³-hybridized carbons (Fsp3) is 0.267. The Labute approximate surface area is 148 Å². The molecule has 1 heterocycles. The molecule has 0 atom stereocenters. The molecular weight excluding hydrogens is 357 g/mol. The lowest BCUT2D eigenvalue weighted by molar-refractivity contribution is -0.131. The van der Waals surface area contributed by atoms with Crippen LogP contribution in [0.15, 0.2) is 40.2 Å². The second-order valence-electron chi connectivity index (χ2n) is 4.87. The number of carbonyl (C=O) groups is 1. The molecule has 0 aliphatic heterocycles. The number of aromatic nitrogens is 2. The van der Waals surface area contributed by atoms with Gasteiger partial charge in [-0.2, -0.15) is 5.10 Å². The number of rotatable bonds is 5. The Balaban J connectivity index is 2.05. The molecule has 0 radical (unpaired) electrons. The zero-order valence-corrected chi connectivity index (χ0v) is 15.0. The van der Waals surface area contributed by atoms with Crippen LogP contribution in [-0.4, -0.2) is 33.9 Å². The number of hydrogen-bond donors (Lipinski definition) is 0. The van der Waals surface area contributed by atoms with Crippen LogP contribution >= 0.6 is 35.0 Å². The SMILES string of the molecule is CSc1ccc(CN(C)C(=O)Cn2ncc(Cl)c(Cl)c2=O)cc1. The fourth-order valence-electron chi connectivity index (χ4n) is 1.90. The van der Waals surface area contributed by atoms with Gasteiger partial charge in [-0.25, -0.2) is 4.68 Å². The first kappa shape index (κ1) is 17.8. The molecule has 0 N–H and O–H groups in total. The Morgan fingerprint density at radius 1 is 1.30 bits per heavy atom. The van der Waals surface area contributed by atoms with Crippen molar-refractivity contribution >= 4 is 40.9 Å². The van der Waals surface area contributed by atoms with Crippen molar-refractivity contribution in [2.45, 2.75) is 18.0 Å². The van der Waals surface area contributed by atoms with Gasteiger partial charge < -0.3 is 4.90 Å². The molecule has 0 fully saturated rings. The summed E-state index contributed by atoms with van der Waals surface area (Å²) in [5, 5.41) is 3.77. The molecule has 2 aromatic rings. The summed E-state index contributed by atoms with van der Waals surface area (Å²) >= 11 is 13.1. The van der Waals surface area contributed by atoms with E-state index in [2.05, 4.69) is 5.10 Å². The minimum atomic E-state index is -0.578. The first-order valence-corrected chi connectivity index (χ1v) is 8.68. The largest absolute Gasteiger partial charge is 0.340 e. The van der Waals surface area contributed by atoms with Crippen LogP contribution in [0.3, 0.4) is 0 Å². The number of carbonyl (C=O) groups excluding carboxylic acids is 1. The third-order valence-electron chi connectivity index (χ3n) is 3.23. The Bertz CT molecular complexity index is 762. The van der Waals surface area contributed by atoms with Gasteiger partial charge in [0, 0.05) is 18.5 Å². The molecule has 8 heteroatoms. The van der Waals surface area contributed by atoms with Crippen molar-refractivity contribution < 1.29 is 4.79 Å². The average molecular weight is 372 g/mol. The lowest BCUT2D eigenvalue weighted by Crippen LogP contribution is -2.34. The summed E-state index contributed by atoms with van der Waals surface area (Å²) < 4.78 is 1.00. The van der Waals surface area contributed by atoms with Gasteiger partial charge in [0.1, 0.15) is 11.6 Å². The van der Waals surface area contributed by atoms with Crippen LogP contribution < -0.4 is 5.56 Å². The number of thioether (sulfide) groups is 1. The number of nitrogens with zero attached hydrogens (tertiary/aromatic N) is 3. The van der Waals surface area contributed by atoms with E-state index in [4.69, 9.17) is 23.2 Å². The molecule has 0 aliphatic rings. The zero-order valence-electron chi connectivity index (χ0n) is 12.6. The Morgan fingerprint density at radius 3 is 2.57 bits per heavy atom. The maximum atomic E-state index is 12.2. The molecule has 0 spiro atoms. The molecule has 0 saturated carbocycles. The first-order chi connectivity index (χ1) is 10.9. The number of benzene rings is 1. The third kappa shape index (κ3) is 4.50. The van der Waals surface area contributed by atoms with Crippen LogP contribution in [-0.2, 0) is 17.9 Å². The first-order valence-electron chi connectivity index (χ1n) is 6.70. The van der Waals surface area contributed by atoms with E-state index in [9.17, 15) is 9.59 Å². The predicted molar refractivity (Wildman–Crippen MR) is 93.2 cm³/mol. The van der Waals surface area contributed by atoms with Gasteiger partial charge in [-0.15, -0.1) is 11.8 Å². The summed E-state index contributed by atoms with van der Waals surface area (Å²) in [6.07, 6.45) is 3.26. The van der Waals surface area contributed by atoms with Crippen LogP contribution in [0.2, 0.25) is 10.0 Å². The predicted octanol–water partition coefficient (Wildman–Crippen LogP) is 2.93. The van der Waals surface area contributed by atoms with E-state index in [1.54, 1.807) is 18.8 Å². The molecule has 0 bridgehead atoms. The van der Waals surface area contributed by atoms with Gasteiger partial charge in [-0.3, -0.25) is 9.59 Å². The lowest BCUT2D eigenvalue weighted by Gasteiger charge is -2.17. The van der Waals surface area contributed by atoms with Crippen molar-refractivity contribution in [3.63, 3.8) is 0 Å². The summed E-state index contributed by atoms with van der Waals surface area (Å²) in [5.41, 5.74) is 0.429. The minimum Gasteiger partial charge on any atom is -0.340 e. The van der Waals surface area contributed by atoms with Crippen molar-refractivity contribution in [1.29, 1.82) is 0 Å². The number of halogens is 2. The van der Waals surface area contributed by atoms with Gasteiger partial charge in [0.15, 0.2) is 0 Å². The molecule has 1 aromatic heterocycles. The van der Waals surface area contributed by atoms with Crippen molar-refractivity contribution in [1.82, 2.24) is 14.7 Å². The summed E-state index contributed by atoms with van der Waals surface area (Å²) in [6, 6.07) is 7.95. The molecule has 1 amide bonds. The fourth-order valence-corrected chi connectivity index (χ4v) is 2.58. The Kier molecular flexibility index (Phi) is 6.10. The molecule has 1 aromatic carbocycles. The molecule has 2 rings (SSSR count). The standard InChI is InChI=1S/C15H15Cl2N3O2S/c1-19(8-10-3-5-11(23-2)6-4-10)13(21)9-20-15(22)14(17)12(16)7-18-20/h3-7H,8-9H2,1-2H3. The van der Waals surface area contributed by atoms with Crippen molar-refractivity contribution in [3.05, 3.63) is 56.4 Å². The average Bonchev–Trinajstić information content (AvgIpc) is 2.56. The monoisotopic (exact) mass is 371 g/mol. The Morgan fingerprint density at radius 2 is 1.96 bits per heavy atom. The van der Waals surface area contributed by atoms with E-state index in [0.29, 0.717) is 6.54 Å². The van der Waals surface area contributed by atoms with Crippen LogP contribution in [0.25, 0.3) is 0 Å². The van der Waals surface area contributed by atoms with Crippen LogP contribution in [0, 0.1) is 0 Å². The highest BCUT2D eigenvalue weighted by molar-refractivity contribution is 7.98. The summed E-state index contributed by atoms with van der Waals surface area (Å²) in [6.45, 7) is 0.263. The van der Waals surface area contributed by atoms with Crippen molar-refractivity contribution in [2.75, 3.05) is 13.3 Å². The van der Waals surface area contributed by atoms with E-state index in [1.165, 1.54) is 11.1 Å². The highest BCUT2D eigenvalue weighted by Crippen LogP contribution is 2.16. The van der Waals surface area contributed by atoms with Gasteiger partial charge in [-0.1, -0.05) is 35.3 Å². The van der Waals surface area contributed by atoms with Crippen molar-refractivity contribution in [2.24, 2.45) is 0 Å². The van der Waals surface area contributed by atoms with Gasteiger partial charge in [0.2, 0.25) is 5.91 Å². The number of hydrogen-bond acceptors (Lipinski definition) is 4. The number of amides is 1. The molecule has 122 valence electrons. The van der Waals surface area contributed by atoms with Gasteiger partial charge >= 0.3 is 0 Å². The molecule has 23 heavy (non-hydrogen) atoms. The van der Waals surface area contributed by atoms with Crippen molar-refractivity contribution in [3.8, 4) is 0 Å². The summed E-state index contributed by atoms with van der Waals surface area (Å²) in [5.74, 6) is -0.244. The minimum absolute atomic E-state index is 0.0719. The maximum absolute atomic E-state index is 12.2. The number of likely N-dealkylation sites (N-methyl/N-ethyl adjacent to an activating group) is 1. The van der Waals surface area contributed by atoms with E-state index in [1.807, 2.05) is 30.5 Å². The highest BCUT2D eigenvalue weighted by Gasteiger charge is 2.14. The lowest BCUT2D eigenvalue weighted by atomic mass is 10.2. The van der Waals surface area contributed by atoms with E-state index >= 15 is 0 Å². The smallest absolute Gasteiger partial charge is 0.287 e. The molecule has 0 aliphatic carbocycles. The second kappa shape index (κ2) is 7.86. The molecule has 0 saturated heterocycles. The van der Waals surface area contributed by atoms with Gasteiger partial charge in [-0.05, 0) is 24.0 Å². The zero-order chi connectivity index (χ0) is 17.0. The summed E-state index contributed by atoms with van der Waals surface area (Å²) in [4.78, 5) is 26.8. The topological polar surface area (TPSA) is 55.2 Å². The van der Waals surface area contributed by atoms with Crippen LogP contribution in [0.1, 0.15) is 5.56 Å². The molecule has 5 nitrogen and oxygen atoms in total. The van der Waals surface area contributed by atoms with Crippen LogP contribution in [0.5, 0.6) is 0 Å². The van der Waals surface area contributed by atoms with Gasteiger partial charge in [0.25, 0.3) is 5.56 Å². The normalized spacial score (nSPS) is 10.6. The third-order valence-corrected chi connectivity index (χ3v) is 4.72. The van der Waals surface area contributed by atoms with E-state index in [0.717, 1.165) is 15.1 Å². The summed E-state index contributed by atoms with van der Waals surface area (Å²) in [7, 11) is 1.67.